The zero-order valence-corrected chi connectivity index (χ0v) is 10.4. The fraction of sp³-hybridized carbons (Fsp3) is 0. The molecule has 1 atom stereocenters. The lowest BCUT2D eigenvalue weighted by Gasteiger charge is -2.17. The third kappa shape index (κ3) is 1.75. The van der Waals surface area contributed by atoms with Crippen LogP contribution >= 0.6 is 0 Å². The number of carbonyl (C=O) groups is 2. The van der Waals surface area contributed by atoms with Crippen LogP contribution in [0.25, 0.3) is 0 Å². The molecule has 3 rings (SSSR count). The van der Waals surface area contributed by atoms with E-state index in [-0.39, 0.29) is 27.6 Å². The summed E-state index contributed by atoms with van der Waals surface area (Å²) in [5.41, 5.74) is 1.17. The smallest absolute Gasteiger partial charge is 0.194 e. The van der Waals surface area contributed by atoms with E-state index in [0.29, 0.717) is 11.1 Å². The van der Waals surface area contributed by atoms with Crippen molar-refractivity contribution in [2.45, 2.75) is 4.90 Å². The Labute approximate surface area is 111 Å². The summed E-state index contributed by atoms with van der Waals surface area (Å²) in [6.07, 6.45) is 0. The number of carbonyl (C=O) groups excluding carboxylic acids is 2. The largest absolute Gasteiger partial charge is 0.302 e. The van der Waals surface area contributed by atoms with Crippen LogP contribution in [-0.4, -0.2) is 20.3 Å². The van der Waals surface area contributed by atoms with E-state index in [0.717, 1.165) is 0 Å². The fourth-order valence-corrected chi connectivity index (χ4v) is 2.59. The van der Waals surface area contributed by atoms with Crippen molar-refractivity contribution < 1.29 is 18.4 Å². The number of fused-ring (bicyclic) bond motifs is 2. The first-order chi connectivity index (χ1) is 9.09. The molecule has 0 fully saturated rings. The summed E-state index contributed by atoms with van der Waals surface area (Å²) >= 11 is -2.17. The lowest BCUT2D eigenvalue weighted by atomic mass is 9.84. The molecule has 0 saturated carbocycles. The van der Waals surface area contributed by atoms with Crippen LogP contribution in [-0.2, 0) is 11.1 Å². The van der Waals surface area contributed by atoms with Gasteiger partial charge in [-0.1, -0.05) is 24.3 Å². The Hall–Kier alpha value is -2.11. The molecule has 94 valence electrons. The molecule has 1 N–H and O–H groups in total. The summed E-state index contributed by atoms with van der Waals surface area (Å²) < 4.78 is 20.1. The Morgan fingerprint density at radius 1 is 0.789 bits per heavy atom. The Bertz CT molecular complexity index is 749. The predicted molar refractivity (Wildman–Crippen MR) is 68.8 cm³/mol. The minimum atomic E-state index is -2.17. The van der Waals surface area contributed by atoms with Gasteiger partial charge in [-0.3, -0.25) is 9.59 Å². The van der Waals surface area contributed by atoms with E-state index in [1.807, 2.05) is 0 Å². The fourth-order valence-electron chi connectivity index (χ4n) is 2.19. The van der Waals surface area contributed by atoms with Crippen LogP contribution in [0.2, 0.25) is 0 Å². The second-order valence-corrected chi connectivity index (χ2v) is 5.13. The van der Waals surface area contributed by atoms with Crippen molar-refractivity contribution in [3.8, 4) is 0 Å². The zero-order chi connectivity index (χ0) is 13.6. The maximum atomic E-state index is 12.3. The standard InChI is InChI=1S/C14H8O4S/c15-13-9-3-1-2-4-10(9)14(16)12-7-8(19(17)18)5-6-11(12)13/h1-7H,(H,17,18). The summed E-state index contributed by atoms with van der Waals surface area (Å²) in [6.45, 7) is 0. The minimum absolute atomic E-state index is 0.110. The average molecular weight is 272 g/mol. The van der Waals surface area contributed by atoms with Crippen LogP contribution < -0.4 is 0 Å². The SMILES string of the molecule is O=C1c2ccccc2C(=O)c2cc(S(=O)O)ccc21. The van der Waals surface area contributed by atoms with Crippen molar-refractivity contribution in [1.29, 1.82) is 0 Å². The number of rotatable bonds is 1. The highest BCUT2D eigenvalue weighted by molar-refractivity contribution is 7.79. The van der Waals surface area contributed by atoms with E-state index in [4.69, 9.17) is 4.55 Å². The van der Waals surface area contributed by atoms with E-state index in [2.05, 4.69) is 0 Å². The Morgan fingerprint density at radius 2 is 1.32 bits per heavy atom. The molecule has 5 heteroatoms. The van der Waals surface area contributed by atoms with E-state index in [1.165, 1.54) is 18.2 Å². The highest BCUT2D eigenvalue weighted by Gasteiger charge is 2.29. The van der Waals surface area contributed by atoms with Crippen molar-refractivity contribution in [3.63, 3.8) is 0 Å². The Kier molecular flexibility index (Phi) is 2.66. The number of ketones is 2. The molecule has 0 amide bonds. The van der Waals surface area contributed by atoms with E-state index >= 15 is 0 Å². The van der Waals surface area contributed by atoms with E-state index in [1.54, 1.807) is 24.3 Å². The van der Waals surface area contributed by atoms with Crippen molar-refractivity contribution in [3.05, 3.63) is 64.7 Å². The highest BCUT2D eigenvalue weighted by Crippen LogP contribution is 2.28. The molecule has 0 radical (unpaired) electrons. The summed E-state index contributed by atoms with van der Waals surface area (Å²) in [4.78, 5) is 24.7. The van der Waals surface area contributed by atoms with Crippen LogP contribution in [0.5, 0.6) is 0 Å². The minimum Gasteiger partial charge on any atom is -0.302 e. The Morgan fingerprint density at radius 3 is 1.89 bits per heavy atom. The summed E-state index contributed by atoms with van der Waals surface area (Å²) in [5.74, 6) is -0.530. The van der Waals surface area contributed by atoms with Crippen molar-refractivity contribution >= 4 is 22.6 Å². The Balaban J connectivity index is 2.27. The molecule has 2 aromatic carbocycles. The first-order valence-electron chi connectivity index (χ1n) is 5.53. The molecular weight excluding hydrogens is 264 g/mol. The van der Waals surface area contributed by atoms with Gasteiger partial charge in [0.15, 0.2) is 22.6 Å². The van der Waals surface area contributed by atoms with Gasteiger partial charge in [-0.25, -0.2) is 4.21 Å². The van der Waals surface area contributed by atoms with Gasteiger partial charge >= 0.3 is 0 Å². The predicted octanol–water partition coefficient (Wildman–Crippen LogP) is 2.04. The highest BCUT2D eigenvalue weighted by atomic mass is 32.2. The van der Waals surface area contributed by atoms with Gasteiger partial charge in [-0.2, -0.15) is 0 Å². The van der Waals surface area contributed by atoms with Crippen LogP contribution in [0.1, 0.15) is 31.8 Å². The van der Waals surface area contributed by atoms with Gasteiger partial charge < -0.3 is 4.55 Å². The van der Waals surface area contributed by atoms with Gasteiger partial charge in [0.1, 0.15) is 0 Å². The molecule has 0 aliphatic heterocycles. The third-order valence-corrected chi connectivity index (χ3v) is 3.76. The van der Waals surface area contributed by atoms with Crippen LogP contribution in [0.15, 0.2) is 47.4 Å². The summed E-state index contributed by atoms with van der Waals surface area (Å²) in [7, 11) is 0. The quantitative estimate of drug-likeness (QED) is 0.688. The molecule has 1 unspecified atom stereocenters. The van der Waals surface area contributed by atoms with Crippen molar-refractivity contribution in [2.75, 3.05) is 0 Å². The third-order valence-electron chi connectivity index (χ3n) is 3.10. The summed E-state index contributed by atoms with van der Waals surface area (Å²) in [5, 5.41) is 0. The van der Waals surface area contributed by atoms with Crippen molar-refractivity contribution in [2.24, 2.45) is 0 Å². The maximum absolute atomic E-state index is 12.3. The molecule has 0 bridgehead atoms. The molecule has 0 spiro atoms. The normalized spacial score (nSPS) is 14.8. The number of hydrogen-bond donors (Lipinski definition) is 1. The average Bonchev–Trinajstić information content (AvgIpc) is 2.44. The molecule has 1 aliphatic carbocycles. The second-order valence-electron chi connectivity index (χ2n) is 4.16. The number of benzene rings is 2. The molecule has 2 aromatic rings. The monoisotopic (exact) mass is 272 g/mol. The molecule has 0 saturated heterocycles. The first kappa shape index (κ1) is 12.0. The van der Waals surface area contributed by atoms with Crippen molar-refractivity contribution in [1.82, 2.24) is 0 Å². The van der Waals surface area contributed by atoms with Gasteiger partial charge in [0.2, 0.25) is 0 Å². The second kappa shape index (κ2) is 4.22. The molecule has 1 aliphatic rings. The van der Waals surface area contributed by atoms with Gasteiger partial charge in [0.05, 0.1) is 4.90 Å². The van der Waals surface area contributed by atoms with E-state index < -0.39 is 11.1 Å². The van der Waals surface area contributed by atoms with Gasteiger partial charge in [0.25, 0.3) is 0 Å². The molecular formula is C14H8O4S. The summed E-state index contributed by atoms with van der Waals surface area (Å²) in [6, 6.07) is 10.7. The lowest BCUT2D eigenvalue weighted by Crippen LogP contribution is -2.21. The number of hydrogen-bond acceptors (Lipinski definition) is 3. The maximum Gasteiger partial charge on any atom is 0.194 e. The molecule has 4 nitrogen and oxygen atoms in total. The molecule has 0 heterocycles. The van der Waals surface area contributed by atoms with Crippen LogP contribution in [0.4, 0.5) is 0 Å². The molecule has 0 aromatic heterocycles. The van der Waals surface area contributed by atoms with Gasteiger partial charge in [0, 0.05) is 22.3 Å². The van der Waals surface area contributed by atoms with E-state index in [9.17, 15) is 13.8 Å². The van der Waals surface area contributed by atoms with Crippen LogP contribution in [0.3, 0.4) is 0 Å². The van der Waals surface area contributed by atoms with Gasteiger partial charge in [-0.05, 0) is 18.2 Å². The first-order valence-corrected chi connectivity index (χ1v) is 6.63. The van der Waals surface area contributed by atoms with Crippen LogP contribution in [0, 0.1) is 0 Å². The zero-order valence-electron chi connectivity index (χ0n) is 9.62. The molecule has 19 heavy (non-hydrogen) atoms. The lowest BCUT2D eigenvalue weighted by molar-refractivity contribution is 0.0979. The topological polar surface area (TPSA) is 71.4 Å². The van der Waals surface area contributed by atoms with Gasteiger partial charge in [-0.15, -0.1) is 0 Å².